The van der Waals surface area contributed by atoms with Gasteiger partial charge >= 0.3 is 17.9 Å². The molecule has 6 heteroatoms. The Labute approximate surface area is 445 Å². The summed E-state index contributed by atoms with van der Waals surface area (Å²) in [6, 6.07) is 0. The van der Waals surface area contributed by atoms with Gasteiger partial charge in [-0.25, -0.2) is 0 Å². The molecule has 0 aliphatic rings. The first-order valence-electron chi connectivity index (χ1n) is 30.2. The second-order valence-electron chi connectivity index (χ2n) is 19.9. The van der Waals surface area contributed by atoms with Crippen molar-refractivity contribution >= 4 is 17.9 Å². The molecule has 0 saturated carbocycles. The number of hydrogen-bond donors (Lipinski definition) is 0. The Kier molecular flexibility index (Phi) is 56.8. The summed E-state index contributed by atoms with van der Waals surface area (Å²) in [5.41, 5.74) is 0. The van der Waals surface area contributed by atoms with Crippen LogP contribution in [0.1, 0.15) is 284 Å². The Morgan fingerprint density at radius 1 is 0.292 bits per heavy atom. The van der Waals surface area contributed by atoms with Crippen molar-refractivity contribution in [2.45, 2.75) is 290 Å². The fraction of sp³-hybridized carbons (Fsp3) is 0.712. The van der Waals surface area contributed by atoms with E-state index in [1.807, 2.05) is 0 Å². The lowest BCUT2D eigenvalue weighted by molar-refractivity contribution is -0.167. The van der Waals surface area contributed by atoms with E-state index in [1.54, 1.807) is 0 Å². The van der Waals surface area contributed by atoms with Gasteiger partial charge in [0.1, 0.15) is 13.2 Å². The van der Waals surface area contributed by atoms with Gasteiger partial charge < -0.3 is 14.2 Å². The predicted molar refractivity (Wildman–Crippen MR) is 311 cm³/mol. The minimum absolute atomic E-state index is 0.0903. The van der Waals surface area contributed by atoms with Crippen molar-refractivity contribution in [2.75, 3.05) is 13.2 Å². The first-order chi connectivity index (χ1) is 35.5. The van der Waals surface area contributed by atoms with Crippen molar-refractivity contribution in [1.29, 1.82) is 0 Å². The van der Waals surface area contributed by atoms with Crippen LogP contribution in [0.25, 0.3) is 0 Å². The van der Waals surface area contributed by atoms with E-state index < -0.39 is 6.10 Å². The summed E-state index contributed by atoms with van der Waals surface area (Å²) in [7, 11) is 0. The molecule has 0 aromatic heterocycles. The van der Waals surface area contributed by atoms with E-state index >= 15 is 0 Å². The van der Waals surface area contributed by atoms with Crippen LogP contribution in [0.2, 0.25) is 0 Å². The molecule has 0 spiro atoms. The first-order valence-corrected chi connectivity index (χ1v) is 30.2. The van der Waals surface area contributed by atoms with Gasteiger partial charge in [0.25, 0.3) is 0 Å². The van der Waals surface area contributed by atoms with Gasteiger partial charge in [0.2, 0.25) is 0 Å². The number of carbonyl (C=O) groups is 3. The highest BCUT2D eigenvalue weighted by molar-refractivity contribution is 5.71. The van der Waals surface area contributed by atoms with Crippen LogP contribution >= 0.6 is 0 Å². The molecule has 0 aliphatic heterocycles. The van der Waals surface area contributed by atoms with Gasteiger partial charge in [0.15, 0.2) is 6.10 Å². The molecule has 6 nitrogen and oxygen atoms in total. The molecule has 72 heavy (non-hydrogen) atoms. The van der Waals surface area contributed by atoms with Crippen molar-refractivity contribution in [3.05, 3.63) is 97.2 Å². The monoisotopic (exact) mass is 1000 g/mol. The van der Waals surface area contributed by atoms with Crippen LogP contribution in [0.5, 0.6) is 0 Å². The summed E-state index contributed by atoms with van der Waals surface area (Å²) in [6.07, 6.45) is 79.7. The lowest BCUT2D eigenvalue weighted by Gasteiger charge is -2.18. The number of carbonyl (C=O) groups excluding carboxylic acids is 3. The number of esters is 3. The predicted octanol–water partition coefficient (Wildman–Crippen LogP) is 20.5. The van der Waals surface area contributed by atoms with E-state index in [2.05, 4.69) is 118 Å². The summed E-state index contributed by atoms with van der Waals surface area (Å²) in [5, 5.41) is 0. The molecule has 1 atom stereocenters. The van der Waals surface area contributed by atoms with Gasteiger partial charge in [-0.3, -0.25) is 14.4 Å². The molecule has 0 amide bonds. The number of rotatable bonds is 54. The Hall–Kier alpha value is -3.67. The minimum Gasteiger partial charge on any atom is -0.462 e. The SMILES string of the molecule is CC/C=C\C/C=C\C/C=C\C/C=C\CCCCCCCCC(=O)OC(COC(=O)CCCCCCC/C=C\CCCCC)COC(=O)CCCCCCCCCC/C=C\C/C=C\C/C=C\CCCCCCC. The lowest BCUT2D eigenvalue weighted by Crippen LogP contribution is -2.30. The molecule has 0 aromatic rings. The van der Waals surface area contributed by atoms with Crippen LogP contribution in [0.3, 0.4) is 0 Å². The quantitative estimate of drug-likeness (QED) is 0.0261. The maximum absolute atomic E-state index is 12.9. The van der Waals surface area contributed by atoms with Crippen LogP contribution < -0.4 is 0 Å². The summed E-state index contributed by atoms with van der Waals surface area (Å²) in [5.74, 6) is -0.915. The Morgan fingerprint density at radius 3 is 0.889 bits per heavy atom. The van der Waals surface area contributed by atoms with E-state index in [4.69, 9.17) is 14.2 Å². The second-order valence-corrected chi connectivity index (χ2v) is 19.9. The highest BCUT2D eigenvalue weighted by Gasteiger charge is 2.19. The standard InChI is InChI=1S/C66H112O6/c1-4-7-10-13-16-19-22-25-27-29-31-32-33-34-36-37-39-41-44-47-50-53-56-59-65(68)71-62-63(61-70-64(67)58-55-52-49-46-43-24-21-18-15-12-9-6-3)72-66(69)60-57-54-51-48-45-42-40-38-35-30-28-26-23-20-17-14-11-8-5-2/h8,11,17-18,20-22,25-26,28-29,31,33-35,38,63H,4-7,9-10,12-16,19,23-24,27,30,32,36-37,39-62H2,1-3H3/b11-8-,20-17-,21-18-,25-22-,28-26-,31-29-,34-33-,38-35-. The van der Waals surface area contributed by atoms with Crippen molar-refractivity contribution in [3.8, 4) is 0 Å². The lowest BCUT2D eigenvalue weighted by atomic mass is 10.1. The van der Waals surface area contributed by atoms with E-state index in [0.29, 0.717) is 19.3 Å². The zero-order chi connectivity index (χ0) is 52.2. The Bertz CT molecular complexity index is 1430. The summed E-state index contributed by atoms with van der Waals surface area (Å²) in [6.45, 7) is 6.48. The van der Waals surface area contributed by atoms with Gasteiger partial charge in [-0.2, -0.15) is 0 Å². The van der Waals surface area contributed by atoms with Gasteiger partial charge in [0, 0.05) is 19.3 Å². The first kappa shape index (κ1) is 68.3. The summed E-state index contributed by atoms with van der Waals surface area (Å²) >= 11 is 0. The molecular formula is C66H112O6. The van der Waals surface area contributed by atoms with E-state index in [0.717, 1.165) is 122 Å². The van der Waals surface area contributed by atoms with Gasteiger partial charge in [-0.15, -0.1) is 0 Å². The van der Waals surface area contributed by atoms with Crippen molar-refractivity contribution in [1.82, 2.24) is 0 Å². The molecule has 0 aliphatic carbocycles. The van der Waals surface area contributed by atoms with Crippen molar-refractivity contribution < 1.29 is 28.6 Å². The van der Waals surface area contributed by atoms with E-state index in [-0.39, 0.29) is 31.1 Å². The van der Waals surface area contributed by atoms with Crippen LogP contribution in [0.15, 0.2) is 97.2 Å². The van der Waals surface area contributed by atoms with Crippen molar-refractivity contribution in [2.24, 2.45) is 0 Å². The molecule has 0 fully saturated rings. The molecule has 0 saturated heterocycles. The second kappa shape index (κ2) is 59.9. The van der Waals surface area contributed by atoms with Crippen LogP contribution in [0, 0.1) is 0 Å². The zero-order valence-electron chi connectivity index (χ0n) is 47.2. The van der Waals surface area contributed by atoms with E-state index in [9.17, 15) is 14.4 Å². The maximum atomic E-state index is 12.9. The normalized spacial score (nSPS) is 12.8. The molecule has 412 valence electrons. The zero-order valence-corrected chi connectivity index (χ0v) is 47.2. The van der Waals surface area contributed by atoms with Crippen LogP contribution in [0.4, 0.5) is 0 Å². The average Bonchev–Trinajstić information content (AvgIpc) is 3.38. The number of allylic oxidation sites excluding steroid dienone is 16. The Balaban J connectivity index is 4.38. The highest BCUT2D eigenvalue weighted by Crippen LogP contribution is 2.15. The Morgan fingerprint density at radius 2 is 0.542 bits per heavy atom. The summed E-state index contributed by atoms with van der Waals surface area (Å²) < 4.78 is 16.9. The number of ether oxygens (including phenoxy) is 3. The fourth-order valence-corrected chi connectivity index (χ4v) is 8.26. The molecule has 0 bridgehead atoms. The minimum atomic E-state index is -0.793. The maximum Gasteiger partial charge on any atom is 0.306 e. The molecule has 0 radical (unpaired) electrons. The topological polar surface area (TPSA) is 78.9 Å². The fourth-order valence-electron chi connectivity index (χ4n) is 8.26. The largest absolute Gasteiger partial charge is 0.462 e. The van der Waals surface area contributed by atoms with Gasteiger partial charge in [-0.1, -0.05) is 240 Å². The third kappa shape index (κ3) is 57.2. The van der Waals surface area contributed by atoms with Crippen LogP contribution in [-0.2, 0) is 28.6 Å². The average molecular weight is 1000 g/mol. The smallest absolute Gasteiger partial charge is 0.306 e. The van der Waals surface area contributed by atoms with Gasteiger partial charge in [-0.05, 0) is 122 Å². The molecule has 1 unspecified atom stereocenters. The third-order valence-electron chi connectivity index (χ3n) is 12.8. The van der Waals surface area contributed by atoms with Crippen LogP contribution in [-0.4, -0.2) is 37.2 Å². The molecule has 0 aromatic carbocycles. The van der Waals surface area contributed by atoms with E-state index in [1.165, 1.54) is 122 Å². The van der Waals surface area contributed by atoms with Crippen molar-refractivity contribution in [3.63, 3.8) is 0 Å². The van der Waals surface area contributed by atoms with Gasteiger partial charge in [0.05, 0.1) is 0 Å². The number of unbranched alkanes of at least 4 members (excludes halogenated alkanes) is 27. The molecule has 0 rings (SSSR count). The molecule has 0 N–H and O–H groups in total. The number of hydrogen-bond acceptors (Lipinski definition) is 6. The summed E-state index contributed by atoms with van der Waals surface area (Å²) in [4.78, 5) is 38.2. The third-order valence-corrected chi connectivity index (χ3v) is 12.8. The molecular weight excluding hydrogens is 889 g/mol. The highest BCUT2D eigenvalue weighted by atomic mass is 16.6. The molecule has 0 heterocycles.